The molecule has 11 heavy (non-hydrogen) atoms. The van der Waals surface area contributed by atoms with Crippen LogP contribution in [0.5, 0.6) is 0 Å². The molecule has 0 heterocycles. The van der Waals surface area contributed by atoms with Crippen molar-refractivity contribution in [3.05, 3.63) is 11.6 Å². The predicted octanol–water partition coefficient (Wildman–Crippen LogP) is 4.05. The molecule has 0 radical (unpaired) electrons. The molecule has 0 N–H and O–H groups in total. The van der Waals surface area contributed by atoms with Gasteiger partial charge in [-0.3, -0.25) is 0 Å². The molecule has 0 unspecified atom stereocenters. The Morgan fingerprint density at radius 2 is 2.18 bits per heavy atom. The first kappa shape index (κ1) is 9.31. The first-order valence-electron chi connectivity index (χ1n) is 4.67. The summed E-state index contributed by atoms with van der Waals surface area (Å²) in [6.45, 7) is 0. The lowest BCUT2D eigenvalue weighted by atomic mass is 10.1. The average molecular weight is 217 g/mol. The molecule has 0 fully saturated rings. The zero-order valence-electron chi connectivity index (χ0n) is 7.11. The molecular formula is C10H17Br. The Morgan fingerprint density at radius 1 is 1.27 bits per heavy atom. The SMILES string of the molecule is BrCCCC1=CCCCCC1. The van der Waals surface area contributed by atoms with E-state index in [0.717, 1.165) is 5.33 Å². The molecule has 0 saturated carbocycles. The lowest BCUT2D eigenvalue weighted by Gasteiger charge is -2.01. The zero-order chi connectivity index (χ0) is 7.94. The van der Waals surface area contributed by atoms with E-state index in [1.807, 2.05) is 0 Å². The number of rotatable bonds is 3. The molecule has 1 heteroatoms. The monoisotopic (exact) mass is 216 g/mol. The van der Waals surface area contributed by atoms with Crippen LogP contribution in [0, 0.1) is 0 Å². The van der Waals surface area contributed by atoms with E-state index in [0.29, 0.717) is 0 Å². The third kappa shape index (κ3) is 3.95. The van der Waals surface area contributed by atoms with E-state index in [4.69, 9.17) is 0 Å². The molecule has 64 valence electrons. The van der Waals surface area contributed by atoms with Crippen LogP contribution in [0.4, 0.5) is 0 Å². The van der Waals surface area contributed by atoms with Crippen LogP contribution in [0.25, 0.3) is 0 Å². The van der Waals surface area contributed by atoms with Gasteiger partial charge in [-0.15, -0.1) is 0 Å². The van der Waals surface area contributed by atoms with Gasteiger partial charge in [-0.1, -0.05) is 34.0 Å². The third-order valence-corrected chi connectivity index (χ3v) is 2.83. The van der Waals surface area contributed by atoms with Crippen molar-refractivity contribution in [3.63, 3.8) is 0 Å². The molecule has 0 aromatic heterocycles. The van der Waals surface area contributed by atoms with Crippen molar-refractivity contribution >= 4 is 15.9 Å². The minimum atomic E-state index is 1.16. The predicted molar refractivity (Wildman–Crippen MR) is 54.2 cm³/mol. The van der Waals surface area contributed by atoms with E-state index in [1.165, 1.54) is 44.9 Å². The van der Waals surface area contributed by atoms with Gasteiger partial charge < -0.3 is 0 Å². The highest BCUT2D eigenvalue weighted by Crippen LogP contribution is 2.20. The Kier molecular flexibility index (Phi) is 4.92. The molecule has 0 aromatic carbocycles. The van der Waals surface area contributed by atoms with Gasteiger partial charge in [-0.25, -0.2) is 0 Å². The quantitative estimate of drug-likeness (QED) is 0.494. The summed E-state index contributed by atoms with van der Waals surface area (Å²) >= 11 is 3.47. The maximum absolute atomic E-state index is 3.47. The highest BCUT2D eigenvalue weighted by atomic mass is 79.9. The fourth-order valence-electron chi connectivity index (χ4n) is 1.60. The molecule has 0 amide bonds. The molecule has 0 nitrogen and oxygen atoms in total. The van der Waals surface area contributed by atoms with E-state index in [2.05, 4.69) is 22.0 Å². The zero-order valence-corrected chi connectivity index (χ0v) is 8.70. The summed E-state index contributed by atoms with van der Waals surface area (Å²) < 4.78 is 0. The average Bonchev–Trinajstić information content (AvgIpc) is 2.28. The second-order valence-corrected chi connectivity index (χ2v) is 4.05. The van der Waals surface area contributed by atoms with Crippen LogP contribution < -0.4 is 0 Å². The normalized spacial score (nSPS) is 19.2. The summed E-state index contributed by atoms with van der Waals surface area (Å²) in [4.78, 5) is 0. The van der Waals surface area contributed by atoms with Crippen molar-refractivity contribution < 1.29 is 0 Å². The van der Waals surface area contributed by atoms with Gasteiger partial charge in [-0.05, 0) is 38.5 Å². The Labute approximate surface area is 78.2 Å². The number of alkyl halides is 1. The molecule has 0 aliphatic heterocycles. The summed E-state index contributed by atoms with van der Waals surface area (Å²) in [5, 5.41) is 1.16. The highest BCUT2D eigenvalue weighted by molar-refractivity contribution is 9.09. The number of allylic oxidation sites excluding steroid dienone is 2. The van der Waals surface area contributed by atoms with Gasteiger partial charge in [0.2, 0.25) is 0 Å². The van der Waals surface area contributed by atoms with Crippen LogP contribution in [0.2, 0.25) is 0 Å². The Hall–Kier alpha value is 0.220. The van der Waals surface area contributed by atoms with Gasteiger partial charge in [-0.2, -0.15) is 0 Å². The smallest absolute Gasteiger partial charge is 0.00343 e. The van der Waals surface area contributed by atoms with Crippen molar-refractivity contribution in [3.8, 4) is 0 Å². The molecule has 0 aromatic rings. The molecule has 0 atom stereocenters. The fraction of sp³-hybridized carbons (Fsp3) is 0.800. The molecule has 0 spiro atoms. The van der Waals surface area contributed by atoms with Crippen molar-refractivity contribution in [1.82, 2.24) is 0 Å². The van der Waals surface area contributed by atoms with Crippen molar-refractivity contribution in [2.75, 3.05) is 5.33 Å². The van der Waals surface area contributed by atoms with Gasteiger partial charge in [0.25, 0.3) is 0 Å². The maximum atomic E-state index is 3.47. The van der Waals surface area contributed by atoms with Crippen molar-refractivity contribution in [1.29, 1.82) is 0 Å². The number of hydrogen-bond donors (Lipinski definition) is 0. The number of halogens is 1. The molecule has 0 saturated heterocycles. The summed E-state index contributed by atoms with van der Waals surface area (Å²) in [5.41, 5.74) is 1.71. The third-order valence-electron chi connectivity index (χ3n) is 2.27. The van der Waals surface area contributed by atoms with Gasteiger partial charge in [0, 0.05) is 5.33 Å². The first-order chi connectivity index (χ1) is 5.43. The van der Waals surface area contributed by atoms with Crippen LogP contribution in [-0.2, 0) is 0 Å². The van der Waals surface area contributed by atoms with Gasteiger partial charge >= 0.3 is 0 Å². The standard InChI is InChI=1S/C10H17Br/c11-9-5-8-10-6-3-1-2-4-7-10/h6H,1-5,7-9H2. The molecule has 1 aliphatic rings. The number of hydrogen-bond acceptors (Lipinski definition) is 0. The van der Waals surface area contributed by atoms with E-state index in [9.17, 15) is 0 Å². The summed E-state index contributed by atoms with van der Waals surface area (Å²) in [6.07, 6.45) is 12.1. The van der Waals surface area contributed by atoms with Gasteiger partial charge in [0.1, 0.15) is 0 Å². The second kappa shape index (κ2) is 5.82. The van der Waals surface area contributed by atoms with Crippen molar-refractivity contribution in [2.24, 2.45) is 0 Å². The Morgan fingerprint density at radius 3 is 3.00 bits per heavy atom. The Balaban J connectivity index is 2.23. The van der Waals surface area contributed by atoms with E-state index >= 15 is 0 Å². The van der Waals surface area contributed by atoms with E-state index < -0.39 is 0 Å². The van der Waals surface area contributed by atoms with Crippen LogP contribution in [0.15, 0.2) is 11.6 Å². The van der Waals surface area contributed by atoms with Gasteiger partial charge in [0.15, 0.2) is 0 Å². The highest BCUT2D eigenvalue weighted by Gasteiger charge is 2.01. The Bertz CT molecular complexity index is 127. The summed E-state index contributed by atoms with van der Waals surface area (Å²) in [6, 6.07) is 0. The second-order valence-electron chi connectivity index (χ2n) is 3.25. The largest absolute Gasteiger partial charge is 0.0928 e. The molecule has 1 aliphatic carbocycles. The topological polar surface area (TPSA) is 0 Å². The van der Waals surface area contributed by atoms with Crippen molar-refractivity contribution in [2.45, 2.75) is 44.9 Å². The minimum Gasteiger partial charge on any atom is -0.0928 e. The fourth-order valence-corrected chi connectivity index (χ4v) is 1.88. The maximum Gasteiger partial charge on any atom is 0.00343 e. The van der Waals surface area contributed by atoms with E-state index in [-0.39, 0.29) is 0 Å². The summed E-state index contributed by atoms with van der Waals surface area (Å²) in [7, 11) is 0. The van der Waals surface area contributed by atoms with Crippen LogP contribution in [-0.4, -0.2) is 5.33 Å². The lowest BCUT2D eigenvalue weighted by Crippen LogP contribution is -1.83. The van der Waals surface area contributed by atoms with Gasteiger partial charge in [0.05, 0.1) is 0 Å². The minimum absolute atomic E-state index is 1.16. The van der Waals surface area contributed by atoms with Crippen LogP contribution >= 0.6 is 15.9 Å². The van der Waals surface area contributed by atoms with Crippen LogP contribution in [0.3, 0.4) is 0 Å². The molecule has 0 bridgehead atoms. The molecular weight excluding hydrogens is 200 g/mol. The summed E-state index contributed by atoms with van der Waals surface area (Å²) in [5.74, 6) is 0. The molecule has 1 rings (SSSR count). The van der Waals surface area contributed by atoms with Crippen LogP contribution in [0.1, 0.15) is 44.9 Å². The lowest BCUT2D eigenvalue weighted by molar-refractivity contribution is 0.700. The first-order valence-corrected chi connectivity index (χ1v) is 5.79. The van der Waals surface area contributed by atoms with E-state index in [1.54, 1.807) is 5.57 Å².